The van der Waals surface area contributed by atoms with E-state index in [0.717, 1.165) is 17.8 Å². The summed E-state index contributed by atoms with van der Waals surface area (Å²) in [4.78, 5) is 45.3. The Balaban J connectivity index is 0.000000433. The Morgan fingerprint density at radius 2 is 1.22 bits per heavy atom. The molecule has 41 heavy (non-hydrogen) atoms. The van der Waals surface area contributed by atoms with Crippen LogP contribution in [0.1, 0.15) is 24.8 Å². The zero-order chi connectivity index (χ0) is 30.8. The van der Waals surface area contributed by atoms with Crippen molar-refractivity contribution in [2.45, 2.75) is 25.8 Å². The molecule has 1 fully saturated rings. The summed E-state index contributed by atoms with van der Waals surface area (Å²) in [5.41, 5.74) is 3.14. The quantitative estimate of drug-likeness (QED) is 0.303. The monoisotopic (exact) mass is 574 g/mol. The highest BCUT2D eigenvalue weighted by Gasteiger charge is 2.16. The molecular weight excluding hydrogens is 540 g/mol. The van der Waals surface area contributed by atoms with Gasteiger partial charge in [-0.05, 0) is 55.8 Å². The lowest BCUT2D eigenvalue weighted by Gasteiger charge is -2.26. The number of pyridine rings is 1. The highest BCUT2D eigenvalue weighted by molar-refractivity contribution is 5.90. The predicted octanol–water partition coefficient (Wildman–Crippen LogP) is 3.18. The van der Waals surface area contributed by atoms with Crippen LogP contribution < -0.4 is 14.2 Å². The van der Waals surface area contributed by atoms with Gasteiger partial charge in [0.2, 0.25) is 5.75 Å². The van der Waals surface area contributed by atoms with E-state index < -0.39 is 23.9 Å². The highest BCUT2D eigenvalue weighted by Crippen LogP contribution is 2.40. The molecule has 2 heterocycles. The van der Waals surface area contributed by atoms with E-state index in [-0.39, 0.29) is 0 Å². The average molecular weight is 575 g/mol. The third-order valence-corrected chi connectivity index (χ3v) is 5.38. The second kappa shape index (κ2) is 18.4. The van der Waals surface area contributed by atoms with Crippen molar-refractivity contribution in [2.75, 3.05) is 34.4 Å². The molecule has 0 atom stereocenters. The SMILES string of the molecule is COc1cc(-c2cc(CN3CCCCC3)ccn2)cc(OC)c1OC.O=C(O)/C=C/C(=O)O.O=C(O)/C=C/C(=O)O. The Hall–Kier alpha value is -4.91. The Morgan fingerprint density at radius 1 is 0.756 bits per heavy atom. The van der Waals surface area contributed by atoms with Crippen molar-refractivity contribution in [3.63, 3.8) is 0 Å². The van der Waals surface area contributed by atoms with Gasteiger partial charge in [-0.1, -0.05) is 6.42 Å². The molecule has 1 aromatic heterocycles. The number of aromatic nitrogens is 1. The van der Waals surface area contributed by atoms with Crippen LogP contribution >= 0.6 is 0 Å². The zero-order valence-electron chi connectivity index (χ0n) is 23.0. The van der Waals surface area contributed by atoms with Crippen LogP contribution in [0.4, 0.5) is 0 Å². The Labute approximate surface area is 236 Å². The standard InChI is InChI=1S/C20H26N2O3.2C4H4O4/c1-23-18-12-16(13-19(24-2)20(18)25-3)17-11-15(7-8-21-17)14-22-9-5-4-6-10-22;2*5-3(6)1-2-4(7)8/h7-8,11-13H,4-6,9-10,14H2,1-3H3;2*1-2H,(H,5,6)(H,7,8)/b;2*2-1+. The summed E-state index contributed by atoms with van der Waals surface area (Å²) in [5, 5.41) is 31.2. The van der Waals surface area contributed by atoms with Crippen molar-refractivity contribution < 1.29 is 53.8 Å². The molecule has 0 amide bonds. The van der Waals surface area contributed by atoms with E-state index in [1.807, 2.05) is 18.3 Å². The minimum absolute atomic E-state index is 0.558. The molecule has 0 saturated carbocycles. The molecule has 0 spiro atoms. The number of hydrogen-bond acceptors (Lipinski definition) is 9. The van der Waals surface area contributed by atoms with Gasteiger partial charge in [0.15, 0.2) is 11.5 Å². The first-order valence-corrected chi connectivity index (χ1v) is 12.3. The topological polar surface area (TPSA) is 193 Å². The average Bonchev–Trinajstić information content (AvgIpc) is 2.95. The highest BCUT2D eigenvalue weighted by atomic mass is 16.5. The molecule has 0 radical (unpaired) electrons. The Morgan fingerprint density at radius 3 is 1.61 bits per heavy atom. The maximum atomic E-state index is 9.55. The molecule has 222 valence electrons. The van der Waals surface area contributed by atoms with Crippen molar-refractivity contribution in [1.29, 1.82) is 0 Å². The van der Waals surface area contributed by atoms with Crippen LogP contribution in [0.2, 0.25) is 0 Å². The fourth-order valence-corrected chi connectivity index (χ4v) is 3.62. The second-order valence-electron chi connectivity index (χ2n) is 8.32. The smallest absolute Gasteiger partial charge is 0.328 e. The van der Waals surface area contributed by atoms with Crippen molar-refractivity contribution in [3.8, 4) is 28.5 Å². The number of likely N-dealkylation sites (tertiary alicyclic amines) is 1. The molecule has 1 saturated heterocycles. The predicted molar refractivity (Wildman–Crippen MR) is 147 cm³/mol. The summed E-state index contributed by atoms with van der Waals surface area (Å²) in [6.07, 6.45) is 8.05. The molecule has 3 rings (SSSR count). The molecule has 4 N–H and O–H groups in total. The van der Waals surface area contributed by atoms with E-state index in [1.165, 1.54) is 37.9 Å². The molecule has 1 aliphatic heterocycles. The molecule has 0 bridgehead atoms. The van der Waals surface area contributed by atoms with E-state index >= 15 is 0 Å². The minimum atomic E-state index is -1.26. The van der Waals surface area contributed by atoms with E-state index in [4.69, 9.17) is 34.6 Å². The number of carboxylic acid groups (broad SMARTS) is 4. The molecular formula is C28H34N2O11. The van der Waals surface area contributed by atoms with E-state index in [9.17, 15) is 19.2 Å². The first-order chi connectivity index (χ1) is 19.5. The summed E-state index contributed by atoms with van der Waals surface area (Å²) in [7, 11) is 4.86. The van der Waals surface area contributed by atoms with E-state index in [1.54, 1.807) is 21.3 Å². The van der Waals surface area contributed by atoms with E-state index in [2.05, 4.69) is 22.0 Å². The maximum Gasteiger partial charge on any atom is 0.328 e. The van der Waals surface area contributed by atoms with Crippen LogP contribution in [-0.2, 0) is 25.7 Å². The van der Waals surface area contributed by atoms with Crippen molar-refractivity contribution in [1.82, 2.24) is 9.88 Å². The lowest BCUT2D eigenvalue weighted by atomic mass is 10.1. The fourth-order valence-electron chi connectivity index (χ4n) is 3.62. The number of carboxylic acids is 4. The number of rotatable bonds is 10. The summed E-state index contributed by atoms with van der Waals surface area (Å²) in [6, 6.07) is 8.12. The summed E-state index contributed by atoms with van der Waals surface area (Å²) in [5.74, 6) is -3.15. The van der Waals surface area contributed by atoms with Gasteiger partial charge in [0.05, 0.1) is 27.0 Å². The summed E-state index contributed by atoms with van der Waals surface area (Å²) < 4.78 is 16.3. The minimum Gasteiger partial charge on any atom is -0.493 e. The largest absolute Gasteiger partial charge is 0.493 e. The number of hydrogen-bond donors (Lipinski definition) is 4. The Kier molecular flexibility index (Phi) is 15.3. The third-order valence-electron chi connectivity index (χ3n) is 5.38. The maximum absolute atomic E-state index is 9.55. The van der Waals surface area contributed by atoms with Gasteiger partial charge in [-0.25, -0.2) is 19.2 Å². The van der Waals surface area contributed by atoms with Crippen molar-refractivity contribution in [3.05, 3.63) is 60.3 Å². The van der Waals surface area contributed by atoms with Crippen LogP contribution in [0, 0.1) is 0 Å². The molecule has 13 nitrogen and oxygen atoms in total. The number of nitrogens with zero attached hydrogens (tertiary/aromatic N) is 2. The molecule has 2 aromatic rings. The third kappa shape index (κ3) is 13.6. The Bertz CT molecular complexity index is 1140. The summed E-state index contributed by atoms with van der Waals surface area (Å²) in [6.45, 7) is 3.34. The van der Waals surface area contributed by atoms with Gasteiger partial charge in [0.1, 0.15) is 0 Å². The lowest BCUT2D eigenvalue weighted by molar-refractivity contribution is -0.134. The number of benzene rings is 1. The second-order valence-corrected chi connectivity index (χ2v) is 8.32. The lowest BCUT2D eigenvalue weighted by Crippen LogP contribution is -2.29. The molecule has 0 unspecified atom stereocenters. The number of ether oxygens (including phenoxy) is 3. The van der Waals surface area contributed by atoms with Gasteiger partial charge in [0, 0.05) is 42.6 Å². The molecule has 1 aromatic carbocycles. The van der Waals surface area contributed by atoms with Gasteiger partial charge < -0.3 is 34.6 Å². The molecule has 0 aliphatic carbocycles. The number of piperidine rings is 1. The van der Waals surface area contributed by atoms with Crippen molar-refractivity contribution in [2.24, 2.45) is 0 Å². The van der Waals surface area contributed by atoms with Gasteiger partial charge in [-0.15, -0.1) is 0 Å². The van der Waals surface area contributed by atoms with Gasteiger partial charge in [-0.2, -0.15) is 0 Å². The van der Waals surface area contributed by atoms with Gasteiger partial charge in [-0.3, -0.25) is 9.88 Å². The molecule has 13 heteroatoms. The number of methoxy groups -OCH3 is 3. The van der Waals surface area contributed by atoms with E-state index in [0.29, 0.717) is 41.6 Å². The molecule has 1 aliphatic rings. The van der Waals surface area contributed by atoms with Crippen LogP contribution in [0.3, 0.4) is 0 Å². The number of aliphatic carboxylic acids is 4. The van der Waals surface area contributed by atoms with Crippen LogP contribution in [-0.4, -0.2) is 88.6 Å². The fraction of sp³-hybridized carbons (Fsp3) is 0.321. The normalized spacial score (nSPS) is 12.9. The first-order valence-electron chi connectivity index (χ1n) is 12.3. The van der Waals surface area contributed by atoms with Gasteiger partial charge >= 0.3 is 23.9 Å². The van der Waals surface area contributed by atoms with Crippen LogP contribution in [0.15, 0.2) is 54.8 Å². The first kappa shape index (κ1) is 34.1. The van der Waals surface area contributed by atoms with Crippen molar-refractivity contribution >= 4 is 23.9 Å². The van der Waals surface area contributed by atoms with Gasteiger partial charge in [0.25, 0.3) is 0 Å². The summed E-state index contributed by atoms with van der Waals surface area (Å²) >= 11 is 0. The zero-order valence-corrected chi connectivity index (χ0v) is 23.0. The van der Waals surface area contributed by atoms with Crippen LogP contribution in [0.5, 0.6) is 17.2 Å². The van der Waals surface area contributed by atoms with Crippen LogP contribution in [0.25, 0.3) is 11.3 Å². The number of carbonyl (C=O) groups is 4.